The summed E-state index contributed by atoms with van der Waals surface area (Å²) in [5, 5.41) is 5.96. The van der Waals surface area contributed by atoms with Crippen molar-refractivity contribution in [1.82, 2.24) is 10.2 Å². The number of nitrogens with zero attached hydrogens (tertiary/aromatic N) is 1. The van der Waals surface area contributed by atoms with Crippen molar-refractivity contribution < 1.29 is 0 Å². The van der Waals surface area contributed by atoms with Gasteiger partial charge in [-0.3, -0.25) is 0 Å². The molecule has 1 aromatic rings. The van der Waals surface area contributed by atoms with Crippen LogP contribution in [0.4, 0.5) is 0 Å². The van der Waals surface area contributed by atoms with Crippen molar-refractivity contribution in [2.75, 3.05) is 26.7 Å². The van der Waals surface area contributed by atoms with Crippen molar-refractivity contribution in [3.05, 3.63) is 22.4 Å². The summed E-state index contributed by atoms with van der Waals surface area (Å²) in [6.07, 6.45) is 2.67. The molecule has 108 valence electrons. The number of hydrogen-bond acceptors (Lipinski definition) is 3. The molecule has 1 atom stereocenters. The van der Waals surface area contributed by atoms with Gasteiger partial charge in [0.15, 0.2) is 0 Å². The standard InChI is InChI=1S/C16H28N2S/c1-13(14-7-9-18(4)10-8-14)17-12-16(2,3)15-6-5-11-19-15/h5-6,11,13-14,17H,7-10,12H2,1-4H3. The summed E-state index contributed by atoms with van der Waals surface area (Å²) in [5.74, 6) is 0.843. The Morgan fingerprint density at radius 1 is 1.42 bits per heavy atom. The summed E-state index contributed by atoms with van der Waals surface area (Å²) in [4.78, 5) is 3.93. The summed E-state index contributed by atoms with van der Waals surface area (Å²) < 4.78 is 0. The van der Waals surface area contributed by atoms with Crippen LogP contribution in [-0.4, -0.2) is 37.6 Å². The summed E-state index contributed by atoms with van der Waals surface area (Å²) in [5.41, 5.74) is 0.244. The molecule has 0 radical (unpaired) electrons. The largest absolute Gasteiger partial charge is 0.313 e. The van der Waals surface area contributed by atoms with Crippen molar-refractivity contribution in [2.24, 2.45) is 5.92 Å². The van der Waals surface area contributed by atoms with E-state index in [9.17, 15) is 0 Å². The Kier molecular flexibility index (Phi) is 5.04. The molecule has 0 saturated carbocycles. The van der Waals surface area contributed by atoms with E-state index in [4.69, 9.17) is 0 Å². The maximum Gasteiger partial charge on any atom is 0.0115 e. The summed E-state index contributed by atoms with van der Waals surface area (Å²) in [7, 11) is 2.23. The molecule has 2 rings (SSSR count). The van der Waals surface area contributed by atoms with Gasteiger partial charge in [0.2, 0.25) is 0 Å². The van der Waals surface area contributed by atoms with E-state index >= 15 is 0 Å². The minimum absolute atomic E-state index is 0.244. The van der Waals surface area contributed by atoms with Gasteiger partial charge in [-0.15, -0.1) is 11.3 Å². The zero-order valence-electron chi connectivity index (χ0n) is 12.8. The third-order valence-electron chi connectivity index (χ3n) is 4.52. The third kappa shape index (κ3) is 4.04. The van der Waals surface area contributed by atoms with Crippen molar-refractivity contribution in [3.63, 3.8) is 0 Å². The highest BCUT2D eigenvalue weighted by molar-refractivity contribution is 7.10. The van der Waals surface area contributed by atoms with Crippen molar-refractivity contribution in [2.45, 2.75) is 45.1 Å². The molecule has 0 aromatic carbocycles. The highest BCUT2D eigenvalue weighted by Gasteiger charge is 2.26. The van der Waals surface area contributed by atoms with Gasteiger partial charge < -0.3 is 10.2 Å². The molecule has 1 aliphatic heterocycles. The number of piperidine rings is 1. The lowest BCUT2D eigenvalue weighted by atomic mass is 9.87. The fraction of sp³-hybridized carbons (Fsp3) is 0.750. The average molecular weight is 280 g/mol. The van der Waals surface area contributed by atoms with E-state index < -0.39 is 0 Å². The SMILES string of the molecule is CC(NCC(C)(C)c1cccs1)C1CCN(C)CC1. The topological polar surface area (TPSA) is 15.3 Å². The predicted octanol–water partition coefficient (Wildman–Crippen LogP) is 3.35. The number of nitrogens with one attached hydrogen (secondary N) is 1. The van der Waals surface area contributed by atoms with Crippen LogP contribution in [-0.2, 0) is 5.41 Å². The van der Waals surface area contributed by atoms with E-state index in [0.717, 1.165) is 12.5 Å². The van der Waals surface area contributed by atoms with Crippen LogP contribution < -0.4 is 5.32 Å². The Balaban J connectivity index is 1.81. The van der Waals surface area contributed by atoms with Crippen LogP contribution >= 0.6 is 11.3 Å². The van der Waals surface area contributed by atoms with Gasteiger partial charge in [-0.2, -0.15) is 0 Å². The van der Waals surface area contributed by atoms with Crippen molar-refractivity contribution in [3.8, 4) is 0 Å². The molecule has 0 amide bonds. The molecule has 1 saturated heterocycles. The summed E-state index contributed by atoms with van der Waals surface area (Å²) >= 11 is 1.87. The Labute approximate surface area is 122 Å². The quantitative estimate of drug-likeness (QED) is 0.890. The van der Waals surface area contributed by atoms with E-state index in [1.54, 1.807) is 0 Å². The van der Waals surface area contributed by atoms with Crippen LogP contribution in [0.15, 0.2) is 17.5 Å². The highest BCUT2D eigenvalue weighted by Crippen LogP contribution is 2.27. The van der Waals surface area contributed by atoms with E-state index in [1.807, 2.05) is 11.3 Å². The smallest absolute Gasteiger partial charge is 0.0115 e. The maximum atomic E-state index is 3.78. The second-order valence-electron chi connectivity index (χ2n) is 6.67. The molecule has 0 aliphatic carbocycles. The second kappa shape index (κ2) is 6.38. The van der Waals surface area contributed by atoms with E-state index in [-0.39, 0.29) is 5.41 Å². The molecular weight excluding hydrogens is 252 g/mol. The molecule has 2 nitrogen and oxygen atoms in total. The van der Waals surface area contributed by atoms with Gasteiger partial charge in [-0.25, -0.2) is 0 Å². The molecule has 3 heteroatoms. The molecular formula is C16H28N2S. The van der Waals surface area contributed by atoms with Crippen LogP contribution in [0.2, 0.25) is 0 Å². The molecule has 1 N–H and O–H groups in total. The first-order valence-corrected chi connectivity index (χ1v) is 8.33. The third-order valence-corrected chi connectivity index (χ3v) is 5.76. The molecule has 1 fully saturated rings. The van der Waals surface area contributed by atoms with E-state index in [1.165, 1.54) is 30.8 Å². The molecule has 1 aliphatic rings. The van der Waals surface area contributed by atoms with Crippen LogP contribution in [0, 0.1) is 5.92 Å². The Hall–Kier alpha value is -0.380. The Bertz CT molecular complexity index is 364. The van der Waals surface area contributed by atoms with Gasteiger partial charge in [0.1, 0.15) is 0 Å². The predicted molar refractivity (Wildman–Crippen MR) is 85.0 cm³/mol. The molecule has 19 heavy (non-hydrogen) atoms. The van der Waals surface area contributed by atoms with Crippen LogP contribution in [0.1, 0.15) is 38.5 Å². The summed E-state index contributed by atoms with van der Waals surface area (Å²) in [6, 6.07) is 5.04. The first-order chi connectivity index (χ1) is 8.99. The lowest BCUT2D eigenvalue weighted by Gasteiger charge is -2.35. The van der Waals surface area contributed by atoms with Gasteiger partial charge in [-0.05, 0) is 57.3 Å². The zero-order valence-corrected chi connectivity index (χ0v) is 13.6. The Morgan fingerprint density at radius 2 is 2.11 bits per heavy atom. The van der Waals surface area contributed by atoms with Crippen molar-refractivity contribution >= 4 is 11.3 Å². The van der Waals surface area contributed by atoms with Gasteiger partial charge in [-0.1, -0.05) is 19.9 Å². The molecule has 2 heterocycles. The first-order valence-electron chi connectivity index (χ1n) is 7.45. The molecule has 1 aromatic heterocycles. The van der Waals surface area contributed by atoms with E-state index in [0.29, 0.717) is 6.04 Å². The summed E-state index contributed by atoms with van der Waals surface area (Å²) in [6.45, 7) is 10.6. The molecule has 1 unspecified atom stereocenters. The highest BCUT2D eigenvalue weighted by atomic mass is 32.1. The number of rotatable bonds is 5. The fourth-order valence-corrected chi connectivity index (χ4v) is 3.71. The lowest BCUT2D eigenvalue weighted by molar-refractivity contribution is 0.187. The fourth-order valence-electron chi connectivity index (χ4n) is 2.86. The van der Waals surface area contributed by atoms with Crippen LogP contribution in [0.5, 0.6) is 0 Å². The number of hydrogen-bond donors (Lipinski definition) is 1. The maximum absolute atomic E-state index is 3.78. The number of likely N-dealkylation sites (tertiary alicyclic amines) is 1. The van der Waals surface area contributed by atoms with Crippen LogP contribution in [0.3, 0.4) is 0 Å². The van der Waals surface area contributed by atoms with Gasteiger partial charge in [0, 0.05) is 22.9 Å². The van der Waals surface area contributed by atoms with Gasteiger partial charge in [0.25, 0.3) is 0 Å². The Morgan fingerprint density at radius 3 is 2.68 bits per heavy atom. The minimum atomic E-state index is 0.244. The van der Waals surface area contributed by atoms with Gasteiger partial charge in [0.05, 0.1) is 0 Å². The monoisotopic (exact) mass is 280 g/mol. The second-order valence-corrected chi connectivity index (χ2v) is 7.62. The molecule has 0 bridgehead atoms. The average Bonchev–Trinajstić information content (AvgIpc) is 2.91. The van der Waals surface area contributed by atoms with Crippen LogP contribution in [0.25, 0.3) is 0 Å². The lowest BCUT2D eigenvalue weighted by Crippen LogP contribution is -2.44. The van der Waals surface area contributed by atoms with E-state index in [2.05, 4.69) is 55.5 Å². The normalized spacial score (nSPS) is 20.6. The zero-order chi connectivity index (χ0) is 13.9. The number of thiophene rings is 1. The van der Waals surface area contributed by atoms with Crippen molar-refractivity contribution in [1.29, 1.82) is 0 Å². The minimum Gasteiger partial charge on any atom is -0.313 e. The molecule has 0 spiro atoms. The first kappa shape index (κ1) is 15.0. The van der Waals surface area contributed by atoms with Gasteiger partial charge >= 0.3 is 0 Å².